The summed E-state index contributed by atoms with van der Waals surface area (Å²) >= 11 is 0. The molecular formula is C13H16N4O4. The number of amides is 1. The van der Waals surface area contributed by atoms with Crippen molar-refractivity contribution in [2.45, 2.75) is 24.7 Å². The highest BCUT2D eigenvalue weighted by Gasteiger charge is 2.33. The summed E-state index contributed by atoms with van der Waals surface area (Å²) in [7, 11) is 0. The lowest BCUT2D eigenvalue weighted by atomic mass is 10.00. The van der Waals surface area contributed by atoms with Crippen LogP contribution < -0.4 is 5.32 Å². The third-order valence-electron chi connectivity index (χ3n) is 3.52. The normalized spacial score (nSPS) is 25.9. The van der Waals surface area contributed by atoms with E-state index >= 15 is 0 Å². The van der Waals surface area contributed by atoms with Crippen molar-refractivity contribution in [1.82, 2.24) is 19.7 Å². The molecule has 21 heavy (non-hydrogen) atoms. The molecule has 0 bridgehead atoms. The molecule has 0 aromatic carbocycles. The van der Waals surface area contributed by atoms with Crippen molar-refractivity contribution in [3.63, 3.8) is 0 Å². The minimum atomic E-state index is -0.942. The number of hydrogen-bond acceptors (Lipinski definition) is 6. The molecule has 1 saturated heterocycles. The lowest BCUT2D eigenvalue weighted by molar-refractivity contribution is -0.107. The number of fused-ring (bicyclic) bond motifs is 1. The van der Waals surface area contributed by atoms with Gasteiger partial charge in [0.15, 0.2) is 0 Å². The predicted molar refractivity (Wildman–Crippen MR) is 71.7 cm³/mol. The van der Waals surface area contributed by atoms with Gasteiger partial charge in [0.1, 0.15) is 17.9 Å². The maximum absolute atomic E-state index is 12.2. The number of aliphatic hydroxyl groups excluding tert-OH is 2. The molecule has 1 fully saturated rings. The molecule has 1 aliphatic heterocycles. The molecule has 3 rings (SSSR count). The first-order valence-corrected chi connectivity index (χ1v) is 6.70. The third-order valence-corrected chi connectivity index (χ3v) is 3.52. The van der Waals surface area contributed by atoms with Crippen LogP contribution in [0.5, 0.6) is 0 Å². The number of nitrogens with one attached hydrogen (secondary N) is 1. The van der Waals surface area contributed by atoms with Crippen LogP contribution in [0.15, 0.2) is 24.7 Å². The van der Waals surface area contributed by atoms with E-state index in [-0.39, 0.29) is 18.2 Å². The van der Waals surface area contributed by atoms with Crippen LogP contribution in [0.25, 0.3) is 5.78 Å². The standard InChI is InChI=1S/C13H16N4O4/c18-7-10-11(19)8(2-5-21-10)15-12(20)9-6-17-4-1-3-14-13(17)16-9/h1,3-4,6,8,10-11,18-19H,2,5,7H2,(H,15,20)/t8-,10+,11-/m0/s1. The number of imidazole rings is 1. The fourth-order valence-electron chi connectivity index (χ4n) is 2.37. The maximum Gasteiger partial charge on any atom is 0.271 e. The van der Waals surface area contributed by atoms with E-state index in [0.29, 0.717) is 18.8 Å². The SMILES string of the molecule is O=C(N[C@H]1CCO[C@H](CO)[C@H]1O)c1cn2cccnc2n1. The van der Waals surface area contributed by atoms with Crippen molar-refractivity contribution in [2.75, 3.05) is 13.2 Å². The van der Waals surface area contributed by atoms with Crippen LogP contribution in [-0.4, -0.2) is 62.0 Å². The van der Waals surface area contributed by atoms with Crippen LogP contribution in [0, 0.1) is 0 Å². The van der Waals surface area contributed by atoms with Crippen molar-refractivity contribution in [2.24, 2.45) is 0 Å². The predicted octanol–water partition coefficient (Wildman–Crippen LogP) is -1.03. The molecule has 0 radical (unpaired) electrons. The molecule has 8 nitrogen and oxygen atoms in total. The lowest BCUT2D eigenvalue weighted by Crippen LogP contribution is -2.54. The van der Waals surface area contributed by atoms with E-state index < -0.39 is 18.2 Å². The van der Waals surface area contributed by atoms with Gasteiger partial charge in [0.25, 0.3) is 5.91 Å². The Morgan fingerprint density at radius 2 is 2.43 bits per heavy atom. The van der Waals surface area contributed by atoms with Crippen molar-refractivity contribution in [3.8, 4) is 0 Å². The Bertz CT molecular complexity index is 611. The second kappa shape index (κ2) is 5.76. The fraction of sp³-hybridized carbons (Fsp3) is 0.462. The number of hydrogen-bond donors (Lipinski definition) is 3. The topological polar surface area (TPSA) is 109 Å². The van der Waals surface area contributed by atoms with Crippen LogP contribution >= 0.6 is 0 Å². The van der Waals surface area contributed by atoms with E-state index in [1.54, 1.807) is 29.1 Å². The average molecular weight is 292 g/mol. The van der Waals surface area contributed by atoms with Gasteiger partial charge in [0.2, 0.25) is 5.78 Å². The summed E-state index contributed by atoms with van der Waals surface area (Å²) in [5, 5.41) is 21.9. The Kier molecular flexibility index (Phi) is 3.82. The summed E-state index contributed by atoms with van der Waals surface area (Å²) in [6, 6.07) is 1.27. The molecule has 3 atom stereocenters. The summed E-state index contributed by atoms with van der Waals surface area (Å²) < 4.78 is 6.87. The monoisotopic (exact) mass is 292 g/mol. The zero-order valence-electron chi connectivity index (χ0n) is 11.2. The van der Waals surface area contributed by atoms with Gasteiger partial charge in [-0.3, -0.25) is 9.20 Å². The molecule has 0 aliphatic carbocycles. The zero-order valence-corrected chi connectivity index (χ0v) is 11.2. The van der Waals surface area contributed by atoms with Gasteiger partial charge in [-0.15, -0.1) is 0 Å². The summed E-state index contributed by atoms with van der Waals surface area (Å²) in [6.45, 7) is 0.0891. The number of carbonyl (C=O) groups excluding carboxylic acids is 1. The number of aromatic nitrogens is 3. The van der Waals surface area contributed by atoms with Gasteiger partial charge in [-0.2, -0.15) is 0 Å². The minimum absolute atomic E-state index is 0.230. The molecule has 3 N–H and O–H groups in total. The highest BCUT2D eigenvalue weighted by atomic mass is 16.5. The first kappa shape index (κ1) is 13.9. The molecule has 0 unspecified atom stereocenters. The smallest absolute Gasteiger partial charge is 0.271 e. The molecule has 2 aromatic heterocycles. The molecule has 1 aliphatic rings. The quantitative estimate of drug-likeness (QED) is 0.667. The van der Waals surface area contributed by atoms with E-state index in [9.17, 15) is 9.90 Å². The molecule has 0 spiro atoms. The van der Waals surface area contributed by atoms with Crippen LogP contribution in [0.1, 0.15) is 16.9 Å². The van der Waals surface area contributed by atoms with E-state index in [1.807, 2.05) is 0 Å². The number of nitrogens with zero attached hydrogens (tertiary/aromatic N) is 3. The Balaban J connectivity index is 1.73. The fourth-order valence-corrected chi connectivity index (χ4v) is 2.37. The van der Waals surface area contributed by atoms with Crippen LogP contribution in [0.2, 0.25) is 0 Å². The Morgan fingerprint density at radius 3 is 3.19 bits per heavy atom. The molecule has 3 heterocycles. The highest BCUT2D eigenvalue weighted by Crippen LogP contribution is 2.15. The van der Waals surface area contributed by atoms with Gasteiger partial charge in [-0.25, -0.2) is 9.97 Å². The summed E-state index contributed by atoms with van der Waals surface area (Å²) in [4.78, 5) is 20.4. The number of rotatable bonds is 3. The first-order valence-electron chi connectivity index (χ1n) is 6.70. The van der Waals surface area contributed by atoms with E-state index in [1.165, 1.54) is 0 Å². The third kappa shape index (κ3) is 2.73. The van der Waals surface area contributed by atoms with Crippen molar-refractivity contribution >= 4 is 11.7 Å². The average Bonchev–Trinajstić information content (AvgIpc) is 2.93. The lowest BCUT2D eigenvalue weighted by Gasteiger charge is -2.34. The number of carbonyl (C=O) groups is 1. The van der Waals surface area contributed by atoms with Gasteiger partial charge >= 0.3 is 0 Å². The molecule has 112 valence electrons. The van der Waals surface area contributed by atoms with Gasteiger partial charge in [-0.05, 0) is 12.5 Å². The summed E-state index contributed by atoms with van der Waals surface area (Å²) in [5.74, 6) is 0.0477. The van der Waals surface area contributed by atoms with Gasteiger partial charge in [0, 0.05) is 25.2 Å². The first-order chi connectivity index (χ1) is 10.2. The molecule has 8 heteroatoms. The molecule has 2 aromatic rings. The largest absolute Gasteiger partial charge is 0.394 e. The second-order valence-corrected chi connectivity index (χ2v) is 4.90. The van der Waals surface area contributed by atoms with Gasteiger partial charge in [-0.1, -0.05) is 0 Å². The maximum atomic E-state index is 12.2. The Morgan fingerprint density at radius 1 is 1.57 bits per heavy atom. The summed E-state index contributed by atoms with van der Waals surface area (Å²) in [5.41, 5.74) is 0.230. The van der Waals surface area contributed by atoms with Gasteiger partial charge in [0.05, 0.1) is 12.6 Å². The van der Waals surface area contributed by atoms with Crippen molar-refractivity contribution < 1.29 is 19.7 Å². The van der Waals surface area contributed by atoms with Crippen LogP contribution in [-0.2, 0) is 4.74 Å². The second-order valence-electron chi connectivity index (χ2n) is 4.90. The number of aliphatic hydroxyl groups is 2. The number of ether oxygens (including phenoxy) is 1. The van der Waals surface area contributed by atoms with Gasteiger partial charge < -0.3 is 20.3 Å². The minimum Gasteiger partial charge on any atom is -0.394 e. The molecule has 1 amide bonds. The van der Waals surface area contributed by atoms with E-state index in [0.717, 1.165) is 0 Å². The van der Waals surface area contributed by atoms with Crippen molar-refractivity contribution in [3.05, 3.63) is 30.4 Å². The molecule has 0 saturated carbocycles. The van der Waals surface area contributed by atoms with Crippen LogP contribution in [0.3, 0.4) is 0 Å². The van der Waals surface area contributed by atoms with Crippen molar-refractivity contribution in [1.29, 1.82) is 0 Å². The van der Waals surface area contributed by atoms with Crippen LogP contribution in [0.4, 0.5) is 0 Å². The zero-order chi connectivity index (χ0) is 14.8. The summed E-state index contributed by atoms with van der Waals surface area (Å²) in [6.07, 6.45) is 3.78. The Labute approximate surface area is 120 Å². The Hall–Kier alpha value is -2.03. The van der Waals surface area contributed by atoms with E-state index in [2.05, 4.69) is 15.3 Å². The highest BCUT2D eigenvalue weighted by molar-refractivity contribution is 5.93. The molecular weight excluding hydrogens is 276 g/mol. The van der Waals surface area contributed by atoms with E-state index in [4.69, 9.17) is 9.84 Å².